The molecule has 0 aromatic carbocycles. The van der Waals surface area contributed by atoms with Crippen LogP contribution in [-0.2, 0) is 4.74 Å². The van der Waals surface area contributed by atoms with Crippen molar-refractivity contribution in [1.29, 1.82) is 0 Å². The Hall–Kier alpha value is -0.720. The second-order valence-electron chi connectivity index (χ2n) is 4.17. The fourth-order valence-corrected chi connectivity index (χ4v) is 3.15. The average molecular weight is 240 g/mol. The summed E-state index contributed by atoms with van der Waals surface area (Å²) in [5.41, 5.74) is 0. The van der Waals surface area contributed by atoms with E-state index < -0.39 is 0 Å². The molecule has 2 saturated heterocycles. The van der Waals surface area contributed by atoms with Gasteiger partial charge in [0, 0.05) is 13.1 Å². The molecule has 0 saturated carbocycles. The van der Waals surface area contributed by atoms with Crippen molar-refractivity contribution in [1.82, 2.24) is 15.5 Å². The van der Waals surface area contributed by atoms with Gasteiger partial charge in [-0.3, -0.25) is 0 Å². The molecule has 0 bridgehead atoms. The van der Waals surface area contributed by atoms with Gasteiger partial charge in [-0.2, -0.15) is 0 Å². The third kappa shape index (κ3) is 2.05. The lowest BCUT2D eigenvalue weighted by molar-refractivity contribution is 0.122. The number of hydrogen-bond donors (Lipinski definition) is 1. The molecule has 88 valence electrons. The molecule has 2 aliphatic rings. The number of hydrogen-bond acceptors (Lipinski definition) is 6. The van der Waals surface area contributed by atoms with Crippen LogP contribution in [0.3, 0.4) is 0 Å². The Bertz CT molecular complexity index is 344. The third-order valence-corrected chi connectivity index (χ3v) is 4.17. The molecule has 0 spiro atoms. The monoisotopic (exact) mass is 240 g/mol. The molecule has 1 aromatic rings. The molecule has 3 heterocycles. The topological polar surface area (TPSA) is 50.3 Å². The van der Waals surface area contributed by atoms with Gasteiger partial charge in [-0.25, -0.2) is 0 Å². The van der Waals surface area contributed by atoms with Crippen molar-refractivity contribution in [3.63, 3.8) is 0 Å². The molecular formula is C10H16N4OS. The summed E-state index contributed by atoms with van der Waals surface area (Å²) in [6, 6.07) is 0.437. The molecule has 6 heteroatoms. The fourth-order valence-electron chi connectivity index (χ4n) is 2.14. The number of nitrogens with one attached hydrogen (secondary N) is 1. The summed E-state index contributed by atoms with van der Waals surface area (Å²) in [7, 11) is 0. The number of nitrogens with zero attached hydrogens (tertiary/aromatic N) is 3. The molecule has 5 nitrogen and oxygen atoms in total. The summed E-state index contributed by atoms with van der Waals surface area (Å²) in [6.45, 7) is 4.59. The van der Waals surface area contributed by atoms with E-state index >= 15 is 0 Å². The first-order chi connectivity index (χ1) is 7.93. The first-order valence-electron chi connectivity index (χ1n) is 5.83. The number of anilines is 1. The zero-order chi connectivity index (χ0) is 10.8. The molecule has 1 atom stereocenters. The first kappa shape index (κ1) is 10.4. The van der Waals surface area contributed by atoms with Gasteiger partial charge in [0.25, 0.3) is 0 Å². The maximum atomic E-state index is 5.33. The van der Waals surface area contributed by atoms with Crippen LogP contribution in [-0.4, -0.2) is 43.0 Å². The fraction of sp³-hybridized carbons (Fsp3) is 0.800. The molecule has 0 aliphatic carbocycles. The van der Waals surface area contributed by atoms with Crippen LogP contribution in [0, 0.1) is 0 Å². The molecule has 1 aromatic heterocycles. The van der Waals surface area contributed by atoms with Gasteiger partial charge in [0.15, 0.2) is 0 Å². The van der Waals surface area contributed by atoms with Crippen molar-refractivity contribution in [2.45, 2.75) is 18.9 Å². The predicted octanol–water partition coefficient (Wildman–Crippen LogP) is 0.799. The van der Waals surface area contributed by atoms with E-state index in [1.54, 1.807) is 11.3 Å². The molecule has 2 fully saturated rings. The lowest BCUT2D eigenvalue weighted by atomic mass is 10.2. The van der Waals surface area contributed by atoms with Gasteiger partial charge >= 0.3 is 0 Å². The highest BCUT2D eigenvalue weighted by atomic mass is 32.1. The maximum absolute atomic E-state index is 5.33. The highest BCUT2D eigenvalue weighted by Crippen LogP contribution is 2.29. The van der Waals surface area contributed by atoms with Crippen molar-refractivity contribution in [3.05, 3.63) is 5.01 Å². The highest BCUT2D eigenvalue weighted by Gasteiger charge is 2.22. The van der Waals surface area contributed by atoms with Gasteiger partial charge < -0.3 is 15.0 Å². The van der Waals surface area contributed by atoms with Gasteiger partial charge in [0.2, 0.25) is 5.13 Å². The van der Waals surface area contributed by atoms with Crippen molar-refractivity contribution < 1.29 is 4.74 Å². The Morgan fingerprint density at radius 2 is 2.19 bits per heavy atom. The summed E-state index contributed by atoms with van der Waals surface area (Å²) in [5, 5.41) is 14.2. The van der Waals surface area contributed by atoms with Crippen LogP contribution in [0.1, 0.15) is 23.9 Å². The van der Waals surface area contributed by atoms with E-state index in [0.717, 1.165) is 43.0 Å². The lowest BCUT2D eigenvalue weighted by Crippen LogP contribution is -2.36. The van der Waals surface area contributed by atoms with E-state index in [2.05, 4.69) is 20.4 Å². The zero-order valence-electron chi connectivity index (χ0n) is 9.19. The minimum atomic E-state index is 0.437. The summed E-state index contributed by atoms with van der Waals surface area (Å²) >= 11 is 1.72. The Kier molecular flexibility index (Phi) is 3.03. The van der Waals surface area contributed by atoms with Gasteiger partial charge in [-0.15, -0.1) is 10.2 Å². The smallest absolute Gasteiger partial charge is 0.208 e. The third-order valence-electron chi connectivity index (χ3n) is 3.07. The predicted molar refractivity (Wildman–Crippen MR) is 62.9 cm³/mol. The minimum absolute atomic E-state index is 0.437. The van der Waals surface area contributed by atoms with E-state index in [9.17, 15) is 0 Å². The molecule has 0 amide bonds. The van der Waals surface area contributed by atoms with Crippen LogP contribution >= 0.6 is 11.3 Å². The number of rotatable bonds is 2. The van der Waals surface area contributed by atoms with Crippen molar-refractivity contribution in [2.24, 2.45) is 0 Å². The van der Waals surface area contributed by atoms with E-state index in [1.807, 2.05) is 0 Å². The second kappa shape index (κ2) is 4.65. The molecular weight excluding hydrogens is 224 g/mol. The molecule has 1 unspecified atom stereocenters. The second-order valence-corrected chi connectivity index (χ2v) is 5.16. The lowest BCUT2D eigenvalue weighted by Gasteiger charge is -2.25. The average Bonchev–Trinajstić information content (AvgIpc) is 3.01. The zero-order valence-corrected chi connectivity index (χ0v) is 10.0. The summed E-state index contributed by atoms with van der Waals surface area (Å²) in [6.07, 6.45) is 2.44. The minimum Gasteiger partial charge on any atom is -0.378 e. The summed E-state index contributed by atoms with van der Waals surface area (Å²) in [5.74, 6) is 0. The van der Waals surface area contributed by atoms with E-state index in [0.29, 0.717) is 6.04 Å². The number of aromatic nitrogens is 2. The van der Waals surface area contributed by atoms with E-state index in [1.165, 1.54) is 12.8 Å². The molecule has 0 radical (unpaired) electrons. The van der Waals surface area contributed by atoms with Crippen LogP contribution in [0.15, 0.2) is 0 Å². The number of morpholine rings is 1. The van der Waals surface area contributed by atoms with Gasteiger partial charge in [0.1, 0.15) is 5.01 Å². The van der Waals surface area contributed by atoms with Crippen LogP contribution in [0.4, 0.5) is 5.13 Å². The Balaban J connectivity index is 1.71. The summed E-state index contributed by atoms with van der Waals surface area (Å²) in [4.78, 5) is 2.26. The van der Waals surface area contributed by atoms with Crippen molar-refractivity contribution in [3.8, 4) is 0 Å². The van der Waals surface area contributed by atoms with Crippen molar-refractivity contribution in [2.75, 3.05) is 37.7 Å². The van der Waals surface area contributed by atoms with Crippen LogP contribution in [0.25, 0.3) is 0 Å². The Morgan fingerprint density at radius 1 is 1.31 bits per heavy atom. The van der Waals surface area contributed by atoms with Crippen molar-refractivity contribution >= 4 is 16.5 Å². The maximum Gasteiger partial charge on any atom is 0.208 e. The van der Waals surface area contributed by atoms with Crippen LogP contribution in [0.2, 0.25) is 0 Å². The van der Waals surface area contributed by atoms with Crippen LogP contribution in [0.5, 0.6) is 0 Å². The van der Waals surface area contributed by atoms with Gasteiger partial charge in [0.05, 0.1) is 19.3 Å². The largest absolute Gasteiger partial charge is 0.378 e. The highest BCUT2D eigenvalue weighted by molar-refractivity contribution is 7.15. The van der Waals surface area contributed by atoms with Gasteiger partial charge in [-0.05, 0) is 19.4 Å². The Labute approximate surface area is 98.8 Å². The quantitative estimate of drug-likeness (QED) is 0.828. The standard InChI is InChI=1S/C10H16N4OS/c1-2-8(11-3-1)9-12-13-10(16-9)14-4-6-15-7-5-14/h8,11H,1-7H2. The Morgan fingerprint density at radius 3 is 2.94 bits per heavy atom. The molecule has 1 N–H and O–H groups in total. The summed E-state index contributed by atoms with van der Waals surface area (Å²) < 4.78 is 5.33. The van der Waals surface area contributed by atoms with E-state index in [-0.39, 0.29) is 0 Å². The molecule has 3 rings (SSSR count). The van der Waals surface area contributed by atoms with Crippen LogP contribution < -0.4 is 10.2 Å². The van der Waals surface area contributed by atoms with Gasteiger partial charge in [-0.1, -0.05) is 11.3 Å². The molecule has 2 aliphatic heterocycles. The SMILES string of the molecule is C1CNC(c2nnc(N3CCOCC3)s2)C1. The first-order valence-corrected chi connectivity index (χ1v) is 6.64. The normalized spacial score (nSPS) is 26.2. The van der Waals surface area contributed by atoms with E-state index in [4.69, 9.17) is 4.74 Å². The molecule has 16 heavy (non-hydrogen) atoms. The number of ether oxygens (including phenoxy) is 1.